The zero-order valence-electron chi connectivity index (χ0n) is 7.99. The summed E-state index contributed by atoms with van der Waals surface area (Å²) in [4.78, 5) is 11.1. The number of hydrogen-bond acceptors (Lipinski definition) is 3. The van der Waals surface area contributed by atoms with E-state index in [-0.39, 0.29) is 12.4 Å². The van der Waals surface area contributed by atoms with Crippen LogP contribution in [0.1, 0.15) is 12.0 Å². The number of carbonyl (C=O) groups excluding carboxylic acids is 1. The summed E-state index contributed by atoms with van der Waals surface area (Å²) in [6.45, 7) is 0.209. The molecule has 0 aliphatic rings. The predicted octanol–water partition coefficient (Wildman–Crippen LogP) is 0.568. The first-order chi connectivity index (χ1) is 6.22. The second-order valence-corrected chi connectivity index (χ2v) is 2.99. The van der Waals surface area contributed by atoms with Crippen LogP contribution in [0.25, 0.3) is 0 Å². The molecule has 0 aliphatic carbocycles. The molecule has 4 heteroatoms. The highest BCUT2D eigenvalue weighted by atomic mass is 16.5. The van der Waals surface area contributed by atoms with Gasteiger partial charge in [-0.15, -0.1) is 0 Å². The molecule has 0 saturated heterocycles. The Labute approximate surface area is 77.5 Å². The monoisotopic (exact) mass is 182 g/mol. The fourth-order valence-electron chi connectivity index (χ4n) is 1.12. The van der Waals surface area contributed by atoms with Gasteiger partial charge in [0.2, 0.25) is 0 Å². The van der Waals surface area contributed by atoms with Crippen LogP contribution >= 0.6 is 0 Å². The van der Waals surface area contributed by atoms with E-state index >= 15 is 0 Å². The standard InChI is InChI=1S/C9H14N2O2/c1-11-6-8(5-10-11)3-4-9(12)7-13-2/h5-6H,3-4,7H2,1-2H3. The minimum atomic E-state index is 0.131. The van der Waals surface area contributed by atoms with Gasteiger partial charge in [0.05, 0.1) is 6.20 Å². The van der Waals surface area contributed by atoms with Gasteiger partial charge in [0.15, 0.2) is 5.78 Å². The summed E-state index contributed by atoms with van der Waals surface area (Å²) < 4.78 is 6.46. The van der Waals surface area contributed by atoms with Gasteiger partial charge in [-0.25, -0.2) is 0 Å². The Bertz CT molecular complexity index is 281. The summed E-state index contributed by atoms with van der Waals surface area (Å²) in [6.07, 6.45) is 4.97. The van der Waals surface area contributed by atoms with E-state index in [0.717, 1.165) is 12.0 Å². The quantitative estimate of drug-likeness (QED) is 0.668. The molecule has 1 aromatic heterocycles. The lowest BCUT2D eigenvalue weighted by Crippen LogP contribution is -2.07. The SMILES string of the molecule is COCC(=O)CCc1cnn(C)c1. The highest BCUT2D eigenvalue weighted by Crippen LogP contribution is 2.01. The van der Waals surface area contributed by atoms with Crippen molar-refractivity contribution >= 4 is 5.78 Å². The molecule has 1 rings (SSSR count). The van der Waals surface area contributed by atoms with Gasteiger partial charge in [-0.1, -0.05) is 0 Å². The van der Waals surface area contributed by atoms with Gasteiger partial charge in [0.1, 0.15) is 6.61 Å². The maximum Gasteiger partial charge on any atom is 0.158 e. The van der Waals surface area contributed by atoms with Crippen LogP contribution in [0.5, 0.6) is 0 Å². The molecule has 72 valence electrons. The smallest absolute Gasteiger partial charge is 0.158 e. The summed E-state index contributed by atoms with van der Waals surface area (Å²) in [5, 5.41) is 4.01. The fraction of sp³-hybridized carbons (Fsp3) is 0.556. The first kappa shape index (κ1) is 9.92. The van der Waals surface area contributed by atoms with E-state index in [0.29, 0.717) is 6.42 Å². The number of aromatic nitrogens is 2. The molecule has 0 bridgehead atoms. The largest absolute Gasteiger partial charge is 0.377 e. The topological polar surface area (TPSA) is 44.1 Å². The van der Waals surface area contributed by atoms with Crippen LogP contribution in [-0.4, -0.2) is 29.3 Å². The Kier molecular flexibility index (Phi) is 3.64. The number of ether oxygens (including phenoxy) is 1. The molecule has 1 heterocycles. The number of hydrogen-bond donors (Lipinski definition) is 0. The predicted molar refractivity (Wildman–Crippen MR) is 48.4 cm³/mol. The molecule has 0 fully saturated rings. The van der Waals surface area contributed by atoms with E-state index in [1.807, 2.05) is 13.2 Å². The van der Waals surface area contributed by atoms with Crippen molar-refractivity contribution < 1.29 is 9.53 Å². The average Bonchev–Trinajstić information content (AvgIpc) is 2.49. The minimum absolute atomic E-state index is 0.131. The van der Waals surface area contributed by atoms with Crippen LogP contribution in [0.2, 0.25) is 0 Å². The van der Waals surface area contributed by atoms with Crippen LogP contribution in [-0.2, 0) is 23.0 Å². The van der Waals surface area contributed by atoms with Crippen LogP contribution in [0.4, 0.5) is 0 Å². The summed E-state index contributed by atoms with van der Waals surface area (Å²) in [5.41, 5.74) is 1.09. The summed E-state index contributed by atoms with van der Waals surface area (Å²) in [7, 11) is 3.39. The molecule has 0 atom stereocenters. The second-order valence-electron chi connectivity index (χ2n) is 2.99. The molecule has 0 aromatic carbocycles. The Morgan fingerprint density at radius 2 is 2.46 bits per heavy atom. The van der Waals surface area contributed by atoms with Crippen molar-refractivity contribution in [1.29, 1.82) is 0 Å². The Hall–Kier alpha value is -1.16. The van der Waals surface area contributed by atoms with Gasteiger partial charge in [0, 0.05) is 26.8 Å². The number of Topliss-reactive ketones (excluding diaryl/α,β-unsaturated/α-hetero) is 1. The van der Waals surface area contributed by atoms with Gasteiger partial charge in [0.25, 0.3) is 0 Å². The van der Waals surface area contributed by atoms with Crippen molar-refractivity contribution in [3.63, 3.8) is 0 Å². The Morgan fingerprint density at radius 3 is 3.00 bits per heavy atom. The average molecular weight is 182 g/mol. The number of aryl methyl sites for hydroxylation is 2. The molecule has 1 aromatic rings. The van der Waals surface area contributed by atoms with Crippen molar-refractivity contribution in [1.82, 2.24) is 9.78 Å². The lowest BCUT2D eigenvalue weighted by atomic mass is 10.1. The van der Waals surface area contributed by atoms with Crippen molar-refractivity contribution in [2.45, 2.75) is 12.8 Å². The van der Waals surface area contributed by atoms with E-state index in [1.54, 1.807) is 10.9 Å². The number of rotatable bonds is 5. The van der Waals surface area contributed by atoms with Gasteiger partial charge in [-0.2, -0.15) is 5.10 Å². The molecule has 0 radical (unpaired) electrons. The molecule has 0 spiro atoms. The van der Waals surface area contributed by atoms with E-state index < -0.39 is 0 Å². The summed E-state index contributed by atoms with van der Waals surface area (Å²) in [5.74, 6) is 0.131. The summed E-state index contributed by atoms with van der Waals surface area (Å²) in [6, 6.07) is 0. The van der Waals surface area contributed by atoms with E-state index in [9.17, 15) is 4.79 Å². The van der Waals surface area contributed by atoms with Crippen LogP contribution < -0.4 is 0 Å². The maximum absolute atomic E-state index is 11.1. The van der Waals surface area contributed by atoms with E-state index in [4.69, 9.17) is 4.74 Å². The van der Waals surface area contributed by atoms with Crippen LogP contribution in [0, 0.1) is 0 Å². The van der Waals surface area contributed by atoms with E-state index in [2.05, 4.69) is 5.10 Å². The third-order valence-electron chi connectivity index (χ3n) is 1.76. The minimum Gasteiger partial charge on any atom is -0.377 e. The van der Waals surface area contributed by atoms with Gasteiger partial charge < -0.3 is 4.74 Å². The normalized spacial score (nSPS) is 10.3. The highest BCUT2D eigenvalue weighted by Gasteiger charge is 2.02. The molecular formula is C9H14N2O2. The van der Waals surface area contributed by atoms with Gasteiger partial charge in [-0.05, 0) is 12.0 Å². The molecule has 0 N–H and O–H groups in total. The number of nitrogens with zero attached hydrogens (tertiary/aromatic N) is 2. The maximum atomic E-state index is 11.1. The second kappa shape index (κ2) is 4.77. The van der Waals surface area contributed by atoms with Crippen molar-refractivity contribution in [3.05, 3.63) is 18.0 Å². The van der Waals surface area contributed by atoms with Crippen LogP contribution in [0.15, 0.2) is 12.4 Å². The fourth-order valence-corrected chi connectivity index (χ4v) is 1.12. The first-order valence-electron chi connectivity index (χ1n) is 4.20. The van der Waals surface area contributed by atoms with E-state index in [1.165, 1.54) is 7.11 Å². The molecule has 0 unspecified atom stereocenters. The molecule has 0 aliphatic heterocycles. The Morgan fingerprint density at radius 1 is 1.69 bits per heavy atom. The Balaban J connectivity index is 2.30. The zero-order chi connectivity index (χ0) is 9.68. The first-order valence-corrected chi connectivity index (χ1v) is 4.20. The summed E-state index contributed by atoms with van der Waals surface area (Å²) >= 11 is 0. The third-order valence-corrected chi connectivity index (χ3v) is 1.76. The molecular weight excluding hydrogens is 168 g/mol. The zero-order valence-corrected chi connectivity index (χ0v) is 7.99. The number of methoxy groups -OCH3 is 1. The van der Waals surface area contributed by atoms with Gasteiger partial charge in [-0.3, -0.25) is 9.48 Å². The van der Waals surface area contributed by atoms with Crippen LogP contribution in [0.3, 0.4) is 0 Å². The molecule has 0 saturated carbocycles. The van der Waals surface area contributed by atoms with Crippen molar-refractivity contribution in [2.24, 2.45) is 7.05 Å². The number of ketones is 1. The third kappa shape index (κ3) is 3.38. The molecule has 13 heavy (non-hydrogen) atoms. The lowest BCUT2D eigenvalue weighted by molar-refractivity contribution is -0.122. The number of carbonyl (C=O) groups is 1. The lowest BCUT2D eigenvalue weighted by Gasteiger charge is -1.96. The van der Waals surface area contributed by atoms with Gasteiger partial charge >= 0.3 is 0 Å². The highest BCUT2D eigenvalue weighted by molar-refractivity contribution is 5.79. The van der Waals surface area contributed by atoms with Crippen molar-refractivity contribution in [3.8, 4) is 0 Å². The molecule has 4 nitrogen and oxygen atoms in total. The molecule has 0 amide bonds. The van der Waals surface area contributed by atoms with Crippen molar-refractivity contribution in [2.75, 3.05) is 13.7 Å².